The van der Waals surface area contributed by atoms with Gasteiger partial charge in [0.15, 0.2) is 4.96 Å². The van der Waals surface area contributed by atoms with Gasteiger partial charge in [-0.1, -0.05) is 24.3 Å². The molecule has 3 aromatic rings. The molecule has 0 unspecified atom stereocenters. The van der Waals surface area contributed by atoms with Crippen LogP contribution >= 0.6 is 22.9 Å². The van der Waals surface area contributed by atoms with E-state index in [-0.39, 0.29) is 0 Å². The van der Waals surface area contributed by atoms with Gasteiger partial charge in [-0.05, 0) is 11.1 Å². The van der Waals surface area contributed by atoms with E-state index in [2.05, 4.69) is 45.2 Å². The molecule has 0 aliphatic rings. The molecule has 1 aromatic carbocycles. The molecule has 0 fully saturated rings. The zero-order valence-electron chi connectivity index (χ0n) is 10.3. The molecule has 0 spiro atoms. The van der Waals surface area contributed by atoms with Crippen molar-refractivity contribution in [3.63, 3.8) is 0 Å². The van der Waals surface area contributed by atoms with E-state index in [9.17, 15) is 0 Å². The van der Waals surface area contributed by atoms with Gasteiger partial charge in [0.1, 0.15) is 0 Å². The molecular weight excluding hydrogens is 278 g/mol. The number of thiazole rings is 1. The number of halogens is 1. The van der Waals surface area contributed by atoms with Gasteiger partial charge >= 0.3 is 0 Å². The number of rotatable bonds is 5. The lowest BCUT2D eigenvalue weighted by Gasteiger charge is -2.03. The van der Waals surface area contributed by atoms with Crippen LogP contribution in [0, 0.1) is 0 Å². The molecule has 0 saturated heterocycles. The predicted molar refractivity (Wildman–Crippen MR) is 79.6 cm³/mol. The molecule has 19 heavy (non-hydrogen) atoms. The number of imidazole rings is 1. The van der Waals surface area contributed by atoms with Gasteiger partial charge < -0.3 is 5.32 Å². The van der Waals surface area contributed by atoms with Gasteiger partial charge in [-0.25, -0.2) is 4.98 Å². The first-order valence-electron chi connectivity index (χ1n) is 6.11. The Morgan fingerprint density at radius 3 is 2.68 bits per heavy atom. The van der Waals surface area contributed by atoms with Crippen molar-refractivity contribution in [2.45, 2.75) is 19.0 Å². The van der Waals surface area contributed by atoms with Crippen LogP contribution in [0.3, 0.4) is 0 Å². The summed E-state index contributed by atoms with van der Waals surface area (Å²) < 4.78 is 2.05. The molecule has 1 N–H and O–H groups in total. The third kappa shape index (κ3) is 2.97. The molecule has 0 saturated carbocycles. The summed E-state index contributed by atoms with van der Waals surface area (Å²) in [6.07, 6.45) is 4.09. The van der Waals surface area contributed by atoms with Crippen LogP contribution in [-0.2, 0) is 19.0 Å². The molecule has 0 aliphatic heterocycles. The van der Waals surface area contributed by atoms with Crippen LogP contribution in [0.1, 0.15) is 16.8 Å². The smallest absolute Gasteiger partial charge is 0.193 e. The molecule has 0 aliphatic carbocycles. The van der Waals surface area contributed by atoms with Crippen LogP contribution in [0.25, 0.3) is 4.96 Å². The summed E-state index contributed by atoms with van der Waals surface area (Å²) in [5.74, 6) is 0.569. The molecule has 3 nitrogen and oxygen atoms in total. The normalized spacial score (nSPS) is 11.2. The van der Waals surface area contributed by atoms with Crippen LogP contribution in [0.15, 0.2) is 42.0 Å². The Labute approximate surface area is 120 Å². The van der Waals surface area contributed by atoms with E-state index in [1.165, 1.54) is 5.56 Å². The SMILES string of the molecule is ClCc1ccc(CNCc2cn3ccsc3n2)cc1. The van der Waals surface area contributed by atoms with Crippen molar-refractivity contribution in [2.24, 2.45) is 0 Å². The second-order valence-electron chi connectivity index (χ2n) is 4.38. The summed E-state index contributed by atoms with van der Waals surface area (Å²) in [7, 11) is 0. The van der Waals surface area contributed by atoms with Crippen LogP contribution in [0.2, 0.25) is 0 Å². The Bertz CT molecular complexity index is 628. The highest BCUT2D eigenvalue weighted by molar-refractivity contribution is 7.15. The number of alkyl halides is 1. The van der Waals surface area contributed by atoms with Crippen molar-refractivity contribution in [1.29, 1.82) is 0 Å². The Morgan fingerprint density at radius 2 is 1.95 bits per heavy atom. The summed E-state index contributed by atoms with van der Waals surface area (Å²) in [6, 6.07) is 8.35. The predicted octanol–water partition coefficient (Wildman–Crippen LogP) is 3.42. The van der Waals surface area contributed by atoms with Crippen LogP contribution in [-0.4, -0.2) is 9.38 Å². The average molecular weight is 292 g/mol. The van der Waals surface area contributed by atoms with E-state index >= 15 is 0 Å². The minimum atomic E-state index is 0.569. The van der Waals surface area contributed by atoms with Gasteiger partial charge in [0.2, 0.25) is 0 Å². The first kappa shape index (κ1) is 12.7. The summed E-state index contributed by atoms with van der Waals surface area (Å²) in [4.78, 5) is 5.58. The van der Waals surface area contributed by atoms with Gasteiger partial charge in [0.25, 0.3) is 0 Å². The zero-order chi connectivity index (χ0) is 13.1. The Morgan fingerprint density at radius 1 is 1.16 bits per heavy atom. The summed E-state index contributed by atoms with van der Waals surface area (Å²) in [5, 5.41) is 5.44. The minimum Gasteiger partial charge on any atom is -0.307 e. The van der Waals surface area contributed by atoms with Gasteiger partial charge in [-0.15, -0.1) is 22.9 Å². The number of aromatic nitrogens is 2. The van der Waals surface area contributed by atoms with E-state index in [4.69, 9.17) is 11.6 Å². The topological polar surface area (TPSA) is 29.3 Å². The number of fused-ring (bicyclic) bond motifs is 1. The highest BCUT2D eigenvalue weighted by Gasteiger charge is 2.01. The Kier molecular flexibility index (Phi) is 3.82. The van der Waals surface area contributed by atoms with Gasteiger partial charge in [0.05, 0.1) is 5.69 Å². The number of nitrogens with one attached hydrogen (secondary N) is 1. The number of hydrogen-bond acceptors (Lipinski definition) is 3. The van der Waals surface area contributed by atoms with Crippen LogP contribution in [0.5, 0.6) is 0 Å². The summed E-state index contributed by atoms with van der Waals surface area (Å²) in [6.45, 7) is 1.62. The lowest BCUT2D eigenvalue weighted by Crippen LogP contribution is -2.12. The molecule has 2 heterocycles. The fourth-order valence-electron chi connectivity index (χ4n) is 1.94. The van der Waals surface area contributed by atoms with Crippen molar-refractivity contribution in [3.05, 3.63) is 58.9 Å². The van der Waals surface area contributed by atoms with Gasteiger partial charge in [0, 0.05) is 36.7 Å². The highest BCUT2D eigenvalue weighted by atomic mass is 35.5. The first-order chi connectivity index (χ1) is 9.35. The van der Waals surface area contributed by atoms with Crippen molar-refractivity contribution in [1.82, 2.24) is 14.7 Å². The third-order valence-corrected chi connectivity index (χ3v) is 4.03. The number of benzene rings is 1. The van der Waals surface area contributed by atoms with Crippen molar-refractivity contribution >= 4 is 27.9 Å². The molecule has 0 atom stereocenters. The van der Waals surface area contributed by atoms with Crippen molar-refractivity contribution in [2.75, 3.05) is 0 Å². The van der Waals surface area contributed by atoms with E-state index < -0.39 is 0 Å². The molecule has 0 bridgehead atoms. The quantitative estimate of drug-likeness (QED) is 0.730. The monoisotopic (exact) mass is 291 g/mol. The standard InChI is InChI=1S/C14H14ClN3S/c15-7-11-1-3-12(4-2-11)8-16-9-13-10-18-5-6-19-14(18)17-13/h1-6,10,16H,7-9H2. The van der Waals surface area contributed by atoms with E-state index in [1.807, 2.05) is 11.6 Å². The van der Waals surface area contributed by atoms with E-state index in [1.54, 1.807) is 11.3 Å². The van der Waals surface area contributed by atoms with Gasteiger partial charge in [-0.2, -0.15) is 0 Å². The van der Waals surface area contributed by atoms with Crippen molar-refractivity contribution in [3.8, 4) is 0 Å². The Balaban J connectivity index is 1.56. The fraction of sp³-hybridized carbons (Fsp3) is 0.214. The van der Waals surface area contributed by atoms with Crippen LogP contribution in [0.4, 0.5) is 0 Å². The van der Waals surface area contributed by atoms with Crippen molar-refractivity contribution < 1.29 is 0 Å². The Hall–Kier alpha value is -1.36. The lowest BCUT2D eigenvalue weighted by atomic mass is 10.1. The average Bonchev–Trinajstić information content (AvgIpc) is 3.00. The maximum absolute atomic E-state index is 5.77. The third-order valence-electron chi connectivity index (χ3n) is 2.96. The molecule has 5 heteroatoms. The number of hydrogen-bond donors (Lipinski definition) is 1. The van der Waals surface area contributed by atoms with E-state index in [0.29, 0.717) is 5.88 Å². The maximum atomic E-state index is 5.77. The second-order valence-corrected chi connectivity index (χ2v) is 5.52. The second kappa shape index (κ2) is 5.74. The van der Waals surface area contributed by atoms with Crippen LogP contribution < -0.4 is 5.32 Å². The van der Waals surface area contributed by atoms with Gasteiger partial charge in [-0.3, -0.25) is 4.40 Å². The highest BCUT2D eigenvalue weighted by Crippen LogP contribution is 2.11. The molecular formula is C14H14ClN3S. The lowest BCUT2D eigenvalue weighted by molar-refractivity contribution is 0.683. The number of nitrogens with zero attached hydrogens (tertiary/aromatic N) is 2. The maximum Gasteiger partial charge on any atom is 0.193 e. The van der Waals surface area contributed by atoms with E-state index in [0.717, 1.165) is 29.3 Å². The largest absolute Gasteiger partial charge is 0.307 e. The summed E-state index contributed by atoms with van der Waals surface area (Å²) >= 11 is 7.42. The molecule has 0 amide bonds. The molecule has 98 valence electrons. The zero-order valence-corrected chi connectivity index (χ0v) is 11.9. The molecule has 0 radical (unpaired) electrons. The summed E-state index contributed by atoms with van der Waals surface area (Å²) in [5.41, 5.74) is 3.49. The molecule has 3 rings (SSSR count). The fourth-order valence-corrected chi connectivity index (χ4v) is 2.84. The molecule has 2 aromatic heterocycles. The minimum absolute atomic E-state index is 0.569. The first-order valence-corrected chi connectivity index (χ1v) is 7.52.